The first-order valence-electron chi connectivity index (χ1n) is 31.9. The molecule has 0 radical (unpaired) electrons. The molecule has 15 rings (SSSR count). The number of allylic oxidation sites excluding steroid dienone is 2. The van der Waals surface area contributed by atoms with Gasteiger partial charge < -0.3 is 29.6 Å². The van der Waals surface area contributed by atoms with Gasteiger partial charge in [0.25, 0.3) is 0 Å². The molecule has 5 aliphatic rings. The van der Waals surface area contributed by atoms with Crippen molar-refractivity contribution in [3.05, 3.63) is 324 Å². The monoisotopic (exact) mass is 1250 g/mol. The van der Waals surface area contributed by atoms with Crippen LogP contribution in [0.5, 0.6) is 0 Å². The standard InChI is InChI=1S/C19H18O4.C19H18.C17H14O4.C17H14O2.C13H10/c1-23-18(22)11-19(10-13(21)12-20)16-8-4-2-6-14(16)15-7-3-5-9-17(15)19;1-3-13-19(14-4-2)17-11-7-5-9-15(17)16-10-6-8-12-18(16)19;18-15(19)9-17(10-16(20)21)13-7-3-1-5-11(13)12-6-2-4-8-14(12)17;18-11-9-17(10-12-19)15-7-3-1-5-13(15)14-6-2-4-8-16(14)17;1-3-7-12-10(5-1)9-11-6-2-4-8-13(11)12/h2-9,20H,10-12H2,1H3;3-12H,1-2,13-14H2;1-8H,9-10H2,(H,18,19)(H,20,21);1-8,11-12H,9-10H2;1-8H,9H2. The van der Waals surface area contributed by atoms with E-state index in [4.69, 9.17) is 4.74 Å². The number of aliphatic hydroxyl groups is 1. The van der Waals surface area contributed by atoms with E-state index in [0.717, 1.165) is 98.6 Å². The Morgan fingerprint density at radius 1 is 0.358 bits per heavy atom. The highest BCUT2D eigenvalue weighted by atomic mass is 16.5. The average Bonchev–Trinajstić information content (AvgIpc) is 1.61. The summed E-state index contributed by atoms with van der Waals surface area (Å²) in [6, 6.07) is 81.4. The van der Waals surface area contributed by atoms with Gasteiger partial charge in [-0.2, -0.15) is 0 Å². The van der Waals surface area contributed by atoms with E-state index >= 15 is 0 Å². The number of aliphatic hydroxyl groups excluding tert-OH is 1. The second-order valence-electron chi connectivity index (χ2n) is 24.7. The first-order valence-corrected chi connectivity index (χ1v) is 31.9. The van der Waals surface area contributed by atoms with Gasteiger partial charge in [-0.15, -0.1) is 13.2 Å². The fourth-order valence-corrected chi connectivity index (χ4v) is 15.7. The highest BCUT2D eigenvalue weighted by Crippen LogP contribution is 2.56. The zero-order valence-electron chi connectivity index (χ0n) is 53.1. The summed E-state index contributed by atoms with van der Waals surface area (Å²) in [5.41, 5.74) is 20.9. The molecule has 10 aromatic rings. The molecule has 0 heterocycles. The topological polar surface area (TPSA) is 172 Å². The molecular weight excluding hydrogens is 1180 g/mol. The molecular formula is C85H74O10. The second kappa shape index (κ2) is 28.5. The number of hydrogen-bond donors (Lipinski definition) is 3. The van der Waals surface area contributed by atoms with E-state index in [-0.39, 0.29) is 42.9 Å². The number of benzene rings is 10. The van der Waals surface area contributed by atoms with E-state index in [2.05, 4.69) is 122 Å². The molecule has 0 unspecified atom stereocenters. The number of ketones is 1. The maximum Gasteiger partial charge on any atom is 0.306 e. The van der Waals surface area contributed by atoms with Crippen LogP contribution in [0.4, 0.5) is 0 Å². The summed E-state index contributed by atoms with van der Waals surface area (Å²) >= 11 is 0. The molecule has 0 saturated carbocycles. The number of aldehydes is 2. The Morgan fingerprint density at radius 3 is 0.853 bits per heavy atom. The fourth-order valence-electron chi connectivity index (χ4n) is 15.7. The molecule has 0 bridgehead atoms. The molecule has 5 aliphatic carbocycles. The largest absolute Gasteiger partial charge is 0.481 e. The van der Waals surface area contributed by atoms with Crippen molar-refractivity contribution >= 4 is 36.3 Å². The van der Waals surface area contributed by atoms with Crippen LogP contribution >= 0.6 is 0 Å². The van der Waals surface area contributed by atoms with Crippen LogP contribution in [-0.2, 0) is 61.6 Å². The van der Waals surface area contributed by atoms with Crippen LogP contribution < -0.4 is 0 Å². The zero-order chi connectivity index (χ0) is 66.7. The average molecular weight is 1260 g/mol. The lowest BCUT2D eigenvalue weighted by molar-refractivity contribution is -0.143. The molecule has 0 saturated heterocycles. The van der Waals surface area contributed by atoms with Crippen LogP contribution in [0.1, 0.15) is 107 Å². The lowest BCUT2D eigenvalue weighted by Gasteiger charge is -2.30. The maximum atomic E-state index is 12.1. The summed E-state index contributed by atoms with van der Waals surface area (Å²) < 4.78 is 4.87. The molecule has 10 heteroatoms. The third-order valence-electron chi connectivity index (χ3n) is 19.5. The number of esters is 1. The Labute approximate surface area is 554 Å². The van der Waals surface area contributed by atoms with E-state index < -0.39 is 34.8 Å². The van der Waals surface area contributed by atoms with E-state index in [1.807, 2.05) is 146 Å². The van der Waals surface area contributed by atoms with Crippen LogP contribution in [0.3, 0.4) is 0 Å². The van der Waals surface area contributed by atoms with Crippen LogP contribution in [0, 0.1) is 0 Å². The third kappa shape index (κ3) is 12.3. The van der Waals surface area contributed by atoms with Gasteiger partial charge in [0.2, 0.25) is 0 Å². The molecule has 474 valence electrons. The Bertz CT molecular complexity index is 4170. The van der Waals surface area contributed by atoms with Crippen molar-refractivity contribution in [1.29, 1.82) is 0 Å². The quantitative estimate of drug-likeness (QED) is 0.0452. The van der Waals surface area contributed by atoms with Crippen LogP contribution in [0.2, 0.25) is 0 Å². The molecule has 0 aliphatic heterocycles. The Hall–Kier alpha value is -10.9. The van der Waals surface area contributed by atoms with Gasteiger partial charge in [0.05, 0.1) is 26.4 Å². The summed E-state index contributed by atoms with van der Waals surface area (Å²) in [4.78, 5) is 69.2. The molecule has 0 aromatic heterocycles. The lowest BCUT2D eigenvalue weighted by Crippen LogP contribution is -2.33. The number of carbonyl (C=O) groups is 6. The minimum Gasteiger partial charge on any atom is -0.481 e. The van der Waals surface area contributed by atoms with E-state index in [9.17, 15) is 44.1 Å². The van der Waals surface area contributed by atoms with Gasteiger partial charge in [-0.05, 0) is 131 Å². The van der Waals surface area contributed by atoms with E-state index in [1.165, 1.54) is 51.6 Å². The van der Waals surface area contributed by atoms with Crippen LogP contribution in [0.15, 0.2) is 268 Å². The highest BCUT2D eigenvalue weighted by Gasteiger charge is 2.48. The predicted octanol–water partition coefficient (Wildman–Crippen LogP) is 16.9. The van der Waals surface area contributed by atoms with Gasteiger partial charge in [0.15, 0.2) is 5.78 Å². The minimum absolute atomic E-state index is 0.0245. The normalized spacial score (nSPS) is 14.0. The maximum absolute atomic E-state index is 12.1. The number of carboxylic acids is 2. The lowest BCUT2D eigenvalue weighted by atomic mass is 9.72. The third-order valence-corrected chi connectivity index (χ3v) is 19.5. The number of carboxylic acid groups (broad SMARTS) is 2. The predicted molar refractivity (Wildman–Crippen MR) is 374 cm³/mol. The second-order valence-corrected chi connectivity index (χ2v) is 24.7. The highest BCUT2D eigenvalue weighted by molar-refractivity contribution is 5.92. The van der Waals surface area contributed by atoms with Gasteiger partial charge in [-0.25, -0.2) is 0 Å². The molecule has 0 amide bonds. The fraction of sp³-hybridized carbons (Fsp3) is 0.176. The number of aliphatic carboxylic acids is 2. The minimum atomic E-state index is -0.997. The smallest absolute Gasteiger partial charge is 0.306 e. The van der Waals surface area contributed by atoms with Crippen molar-refractivity contribution in [3.63, 3.8) is 0 Å². The van der Waals surface area contributed by atoms with E-state index in [0.29, 0.717) is 12.8 Å². The first-order chi connectivity index (χ1) is 46.3. The molecule has 95 heavy (non-hydrogen) atoms. The van der Waals surface area contributed by atoms with Crippen molar-refractivity contribution in [2.75, 3.05) is 13.7 Å². The molecule has 0 fully saturated rings. The molecule has 0 spiro atoms. The first kappa shape index (κ1) is 65.5. The number of methoxy groups -OCH3 is 1. The van der Waals surface area contributed by atoms with Gasteiger partial charge in [0.1, 0.15) is 19.2 Å². The summed E-state index contributed by atoms with van der Waals surface area (Å²) in [6.45, 7) is 7.39. The van der Waals surface area contributed by atoms with Gasteiger partial charge in [0, 0.05) is 40.9 Å². The Balaban J connectivity index is 0.000000122. The number of rotatable bonds is 17. The van der Waals surface area contributed by atoms with Crippen molar-refractivity contribution < 1.29 is 48.8 Å². The van der Waals surface area contributed by atoms with Crippen molar-refractivity contribution in [2.45, 2.75) is 79.4 Å². The van der Waals surface area contributed by atoms with E-state index in [1.54, 1.807) is 0 Å². The van der Waals surface area contributed by atoms with Crippen LogP contribution in [0.25, 0.3) is 55.6 Å². The summed E-state index contributed by atoms with van der Waals surface area (Å²) in [6.07, 6.45) is 9.29. The summed E-state index contributed by atoms with van der Waals surface area (Å²) in [7, 11) is 1.34. The summed E-state index contributed by atoms with van der Waals surface area (Å²) in [5, 5.41) is 27.9. The van der Waals surface area contributed by atoms with Crippen LogP contribution in [-0.4, -0.2) is 65.3 Å². The molecule has 10 aromatic carbocycles. The number of hydrogen-bond acceptors (Lipinski definition) is 8. The molecule has 3 N–H and O–H groups in total. The van der Waals surface area contributed by atoms with Gasteiger partial charge in [-0.1, -0.05) is 255 Å². The van der Waals surface area contributed by atoms with Gasteiger partial charge >= 0.3 is 17.9 Å². The van der Waals surface area contributed by atoms with Crippen molar-refractivity contribution in [3.8, 4) is 55.6 Å². The molecule has 0 atom stereocenters. The van der Waals surface area contributed by atoms with Crippen molar-refractivity contribution in [1.82, 2.24) is 0 Å². The van der Waals surface area contributed by atoms with Gasteiger partial charge in [-0.3, -0.25) is 19.2 Å². The molecule has 10 nitrogen and oxygen atoms in total. The Kier molecular flexibility index (Phi) is 19.7. The number of fused-ring (bicyclic) bond motifs is 15. The SMILES string of the molecule is C=CCC1(CC=C)c2ccccc2-c2ccccc21.COC(=O)CC1(CC(=O)CO)c2ccccc2-c2ccccc21.O=C(O)CC1(CC(=O)O)c2ccccc2-c2ccccc21.O=CCC1(CC=O)c2ccccc2-c2ccccc21.c1ccc2c(c1)Cc1ccccc1-2. The number of ether oxygens (including phenoxy) is 1. The van der Waals surface area contributed by atoms with Crippen molar-refractivity contribution in [2.24, 2.45) is 0 Å². The number of carbonyl (C=O) groups excluding carboxylic acids is 4. The zero-order valence-corrected chi connectivity index (χ0v) is 53.1. The Morgan fingerprint density at radius 2 is 0.600 bits per heavy atom. The summed E-state index contributed by atoms with van der Waals surface area (Å²) in [5.74, 6) is -2.66. The number of Topliss-reactive ketones (excluding diaryl/α,β-unsaturated/α-hetero) is 1.